The molecule has 0 aliphatic heterocycles. The van der Waals surface area contributed by atoms with Gasteiger partial charge in [0.15, 0.2) is 0 Å². The molecule has 0 aliphatic carbocycles. The Hall–Kier alpha value is -3.09. The highest BCUT2D eigenvalue weighted by atomic mass is 16.5. The van der Waals surface area contributed by atoms with Gasteiger partial charge in [0.1, 0.15) is 23.0 Å². The molecule has 0 saturated carbocycles. The van der Waals surface area contributed by atoms with E-state index in [1.54, 1.807) is 6.92 Å². The summed E-state index contributed by atoms with van der Waals surface area (Å²) in [6.45, 7) is 9.02. The van der Waals surface area contributed by atoms with Gasteiger partial charge in [0.2, 0.25) is 5.91 Å². The molecule has 3 rings (SSSR count). The van der Waals surface area contributed by atoms with Gasteiger partial charge in [-0.3, -0.25) is 4.79 Å². The van der Waals surface area contributed by atoms with Gasteiger partial charge in [0.05, 0.1) is 19.1 Å². The van der Waals surface area contributed by atoms with E-state index in [4.69, 9.17) is 8.83 Å². The first-order valence-corrected chi connectivity index (χ1v) is 8.98. The topological polar surface area (TPSA) is 98.8 Å². The lowest BCUT2D eigenvalue weighted by Gasteiger charge is -2.13. The Balaban J connectivity index is 2.08. The van der Waals surface area contributed by atoms with Crippen molar-refractivity contribution < 1.29 is 23.2 Å². The Morgan fingerprint density at radius 2 is 1.64 bits per heavy atom. The van der Waals surface area contributed by atoms with E-state index in [0.717, 1.165) is 27.7 Å². The molecule has 0 radical (unpaired) electrons. The number of aryl methyl sites for hydroxylation is 4. The number of carbonyl (C=O) groups is 2. The number of benzene rings is 1. The molecule has 0 unspecified atom stereocenters. The standard InChI is InChI=1S/C21H23NO6/c1-9-13(5)27-18-11(3)19-15(7-14(9)18)10(2)16(21(25)28-19)8-17(23)22-12(4)20(24)26-6/h7,12H,8H2,1-6H3,(H,22,23)/t12-/m1/s1. The van der Waals surface area contributed by atoms with Crippen molar-refractivity contribution in [2.45, 2.75) is 47.1 Å². The van der Waals surface area contributed by atoms with E-state index in [-0.39, 0.29) is 12.0 Å². The maximum Gasteiger partial charge on any atom is 0.340 e. The van der Waals surface area contributed by atoms with Crippen LogP contribution < -0.4 is 10.9 Å². The lowest BCUT2D eigenvalue weighted by atomic mass is 9.98. The zero-order chi connectivity index (χ0) is 20.7. The summed E-state index contributed by atoms with van der Waals surface area (Å²) in [6, 6.07) is 1.13. The fourth-order valence-electron chi connectivity index (χ4n) is 3.39. The van der Waals surface area contributed by atoms with Crippen molar-refractivity contribution >= 4 is 33.8 Å². The molecule has 2 aromatic heterocycles. The number of nitrogens with one attached hydrogen (secondary N) is 1. The third-order valence-corrected chi connectivity index (χ3v) is 5.21. The first-order chi connectivity index (χ1) is 13.1. The monoisotopic (exact) mass is 385 g/mol. The van der Waals surface area contributed by atoms with Gasteiger partial charge in [-0.15, -0.1) is 0 Å². The lowest BCUT2D eigenvalue weighted by Crippen LogP contribution is -2.40. The minimum Gasteiger partial charge on any atom is -0.467 e. The number of rotatable bonds is 4. The maximum absolute atomic E-state index is 12.6. The molecular weight excluding hydrogens is 362 g/mol. The van der Waals surface area contributed by atoms with E-state index in [9.17, 15) is 14.4 Å². The van der Waals surface area contributed by atoms with Gasteiger partial charge >= 0.3 is 11.6 Å². The summed E-state index contributed by atoms with van der Waals surface area (Å²) in [6.07, 6.45) is -0.189. The molecule has 1 atom stereocenters. The van der Waals surface area contributed by atoms with E-state index in [1.807, 2.05) is 26.8 Å². The molecule has 1 amide bonds. The van der Waals surface area contributed by atoms with E-state index >= 15 is 0 Å². The zero-order valence-electron chi connectivity index (χ0n) is 16.8. The van der Waals surface area contributed by atoms with Gasteiger partial charge in [0.25, 0.3) is 0 Å². The van der Waals surface area contributed by atoms with Crippen molar-refractivity contribution in [3.63, 3.8) is 0 Å². The molecule has 0 aliphatic rings. The average molecular weight is 385 g/mol. The Bertz CT molecular complexity index is 1170. The molecule has 7 nitrogen and oxygen atoms in total. The lowest BCUT2D eigenvalue weighted by molar-refractivity contribution is -0.144. The van der Waals surface area contributed by atoms with Gasteiger partial charge in [-0.25, -0.2) is 9.59 Å². The predicted octanol–water partition coefficient (Wildman–Crippen LogP) is 2.99. The van der Waals surface area contributed by atoms with Crippen molar-refractivity contribution in [1.29, 1.82) is 0 Å². The summed E-state index contributed by atoms with van der Waals surface area (Å²) in [7, 11) is 1.25. The molecule has 0 bridgehead atoms. The third kappa shape index (κ3) is 3.17. The normalized spacial score (nSPS) is 12.4. The fraction of sp³-hybridized carbons (Fsp3) is 0.381. The quantitative estimate of drug-likeness (QED) is 0.548. The summed E-state index contributed by atoms with van der Waals surface area (Å²) in [5.41, 5.74) is 3.29. The molecule has 3 aromatic rings. The van der Waals surface area contributed by atoms with E-state index < -0.39 is 23.5 Å². The van der Waals surface area contributed by atoms with Gasteiger partial charge in [-0.2, -0.15) is 0 Å². The maximum atomic E-state index is 12.6. The number of carbonyl (C=O) groups excluding carboxylic acids is 2. The second kappa shape index (κ2) is 7.14. The smallest absolute Gasteiger partial charge is 0.340 e. The van der Waals surface area contributed by atoms with Crippen LogP contribution in [0.1, 0.15) is 34.9 Å². The van der Waals surface area contributed by atoms with Crippen LogP contribution in [0.4, 0.5) is 0 Å². The van der Waals surface area contributed by atoms with Crippen LogP contribution in [-0.4, -0.2) is 25.0 Å². The number of hydrogen-bond donors (Lipinski definition) is 1. The van der Waals surface area contributed by atoms with Crippen LogP contribution in [0.2, 0.25) is 0 Å². The van der Waals surface area contributed by atoms with Crippen LogP contribution in [-0.2, 0) is 20.7 Å². The Morgan fingerprint density at radius 3 is 2.29 bits per heavy atom. The van der Waals surface area contributed by atoms with Gasteiger partial charge in [-0.1, -0.05) is 0 Å². The molecule has 0 spiro atoms. The van der Waals surface area contributed by atoms with E-state index in [1.165, 1.54) is 14.0 Å². The number of hydrogen-bond acceptors (Lipinski definition) is 6. The number of fused-ring (bicyclic) bond motifs is 2. The second-order valence-corrected chi connectivity index (χ2v) is 7.02. The largest absolute Gasteiger partial charge is 0.467 e. The van der Waals surface area contributed by atoms with Crippen LogP contribution in [0.3, 0.4) is 0 Å². The number of esters is 1. The summed E-state index contributed by atoms with van der Waals surface area (Å²) >= 11 is 0. The summed E-state index contributed by atoms with van der Waals surface area (Å²) in [5, 5.41) is 4.24. The molecule has 0 saturated heterocycles. The molecule has 148 valence electrons. The minimum absolute atomic E-state index is 0.189. The first-order valence-electron chi connectivity index (χ1n) is 8.98. The van der Waals surface area contributed by atoms with Crippen LogP contribution in [0, 0.1) is 27.7 Å². The van der Waals surface area contributed by atoms with E-state index in [2.05, 4.69) is 10.1 Å². The van der Waals surface area contributed by atoms with Crippen molar-refractivity contribution in [3.8, 4) is 0 Å². The zero-order valence-corrected chi connectivity index (χ0v) is 16.8. The van der Waals surface area contributed by atoms with Crippen molar-refractivity contribution in [3.05, 3.63) is 44.5 Å². The van der Waals surface area contributed by atoms with Crippen molar-refractivity contribution in [2.75, 3.05) is 7.11 Å². The Morgan fingerprint density at radius 1 is 1.04 bits per heavy atom. The number of amides is 1. The molecule has 1 N–H and O–H groups in total. The van der Waals surface area contributed by atoms with Gasteiger partial charge < -0.3 is 18.9 Å². The molecule has 1 aromatic carbocycles. The molecule has 2 heterocycles. The highest BCUT2D eigenvalue weighted by molar-refractivity contribution is 6.00. The Kier molecular flexibility index (Phi) is 5.02. The van der Waals surface area contributed by atoms with Crippen LogP contribution in [0.25, 0.3) is 21.9 Å². The second-order valence-electron chi connectivity index (χ2n) is 7.02. The predicted molar refractivity (Wildman–Crippen MR) is 105 cm³/mol. The number of methoxy groups -OCH3 is 1. The van der Waals surface area contributed by atoms with Crippen LogP contribution >= 0.6 is 0 Å². The van der Waals surface area contributed by atoms with Gasteiger partial charge in [0, 0.05) is 16.3 Å². The third-order valence-electron chi connectivity index (χ3n) is 5.21. The first kappa shape index (κ1) is 19.7. The SMILES string of the molecule is COC(=O)[C@@H](C)NC(=O)Cc1c(C)c2cc3c(C)c(C)oc3c(C)c2oc1=O. The summed E-state index contributed by atoms with van der Waals surface area (Å²) in [4.78, 5) is 36.3. The molecule has 7 heteroatoms. The number of furan rings is 1. The molecule has 28 heavy (non-hydrogen) atoms. The molecule has 0 fully saturated rings. The van der Waals surface area contributed by atoms with E-state index in [0.29, 0.717) is 16.7 Å². The van der Waals surface area contributed by atoms with Crippen LogP contribution in [0.5, 0.6) is 0 Å². The number of ether oxygens (including phenoxy) is 1. The molecular formula is C21H23NO6. The van der Waals surface area contributed by atoms with Crippen LogP contribution in [0.15, 0.2) is 19.7 Å². The summed E-state index contributed by atoms with van der Waals surface area (Å²) in [5.74, 6) is -0.204. The summed E-state index contributed by atoms with van der Waals surface area (Å²) < 4.78 is 16.0. The van der Waals surface area contributed by atoms with Crippen molar-refractivity contribution in [2.24, 2.45) is 0 Å². The Labute approximate surface area is 161 Å². The van der Waals surface area contributed by atoms with Gasteiger partial charge in [-0.05, 0) is 51.8 Å². The highest BCUT2D eigenvalue weighted by Gasteiger charge is 2.21. The fourth-order valence-corrected chi connectivity index (χ4v) is 3.39. The minimum atomic E-state index is -0.802. The van der Waals surface area contributed by atoms with Crippen molar-refractivity contribution in [1.82, 2.24) is 5.32 Å². The average Bonchev–Trinajstić information content (AvgIpc) is 2.94. The highest BCUT2D eigenvalue weighted by Crippen LogP contribution is 2.34.